The lowest BCUT2D eigenvalue weighted by molar-refractivity contribution is 0.846. The lowest BCUT2D eigenvalue weighted by Crippen LogP contribution is -2.29. The fourth-order valence-electron chi connectivity index (χ4n) is 1.60. The highest BCUT2D eigenvalue weighted by Gasteiger charge is 2.05. The van der Waals surface area contributed by atoms with Crippen LogP contribution in [0.3, 0.4) is 0 Å². The van der Waals surface area contributed by atoms with Crippen LogP contribution in [0.2, 0.25) is 0 Å². The third kappa shape index (κ3) is 3.49. The molecule has 0 radical (unpaired) electrons. The van der Waals surface area contributed by atoms with Crippen molar-refractivity contribution in [3.63, 3.8) is 0 Å². The van der Waals surface area contributed by atoms with E-state index in [-0.39, 0.29) is 0 Å². The second kappa shape index (κ2) is 6.48. The van der Waals surface area contributed by atoms with E-state index in [9.17, 15) is 0 Å². The van der Waals surface area contributed by atoms with Crippen molar-refractivity contribution in [3.8, 4) is 0 Å². The highest BCUT2D eigenvalue weighted by atomic mass is 32.1. The molecule has 1 aromatic rings. The Morgan fingerprint density at radius 2 is 2.06 bits per heavy atom. The highest BCUT2D eigenvalue weighted by Crippen LogP contribution is 2.20. The normalized spacial score (nSPS) is 9.94. The van der Waals surface area contributed by atoms with Crippen molar-refractivity contribution in [3.05, 3.63) is 29.3 Å². The van der Waals surface area contributed by atoms with Crippen LogP contribution in [-0.4, -0.2) is 11.7 Å². The molecule has 0 fully saturated rings. The monoisotopic (exact) mass is 236 g/mol. The lowest BCUT2D eigenvalue weighted by atomic mass is 10.1. The van der Waals surface area contributed by atoms with Crippen molar-refractivity contribution in [2.24, 2.45) is 0 Å². The number of rotatable bonds is 4. The van der Waals surface area contributed by atoms with Crippen LogP contribution in [0.1, 0.15) is 31.4 Å². The summed E-state index contributed by atoms with van der Waals surface area (Å²) in [5, 5.41) is 7.18. The maximum absolute atomic E-state index is 5.25. The zero-order chi connectivity index (χ0) is 12.0. The van der Waals surface area contributed by atoms with Gasteiger partial charge in [-0.15, -0.1) is 0 Å². The Balaban J connectivity index is 2.75. The Morgan fingerprint density at radius 3 is 2.69 bits per heavy atom. The van der Waals surface area contributed by atoms with Gasteiger partial charge in [0.2, 0.25) is 0 Å². The third-order valence-corrected chi connectivity index (χ3v) is 2.76. The number of hydrogen-bond donors (Lipinski definition) is 2. The van der Waals surface area contributed by atoms with E-state index in [0.717, 1.165) is 25.1 Å². The number of para-hydroxylation sites is 1. The quantitative estimate of drug-likeness (QED) is 0.785. The SMILES string of the molecule is CCCNC(=S)Nc1c(C)cccc1CC. The van der Waals surface area contributed by atoms with E-state index in [1.54, 1.807) is 0 Å². The Hall–Kier alpha value is -1.09. The second-order valence-corrected chi connectivity index (χ2v) is 4.25. The van der Waals surface area contributed by atoms with Crippen LogP contribution in [0.5, 0.6) is 0 Å². The van der Waals surface area contributed by atoms with Crippen molar-refractivity contribution in [2.45, 2.75) is 33.6 Å². The summed E-state index contributed by atoms with van der Waals surface area (Å²) in [5.74, 6) is 0. The summed E-state index contributed by atoms with van der Waals surface area (Å²) >= 11 is 5.25. The molecule has 0 aliphatic heterocycles. The van der Waals surface area contributed by atoms with Gasteiger partial charge in [0.15, 0.2) is 5.11 Å². The van der Waals surface area contributed by atoms with E-state index in [0.29, 0.717) is 5.11 Å². The molecule has 0 aromatic heterocycles. The molecule has 0 unspecified atom stereocenters. The average molecular weight is 236 g/mol. The van der Waals surface area contributed by atoms with Crippen molar-refractivity contribution in [2.75, 3.05) is 11.9 Å². The van der Waals surface area contributed by atoms with Gasteiger partial charge in [-0.05, 0) is 43.1 Å². The Labute approximate surface area is 103 Å². The van der Waals surface area contributed by atoms with Crippen LogP contribution < -0.4 is 10.6 Å². The van der Waals surface area contributed by atoms with Gasteiger partial charge < -0.3 is 10.6 Å². The van der Waals surface area contributed by atoms with Crippen molar-refractivity contribution in [1.82, 2.24) is 5.32 Å². The average Bonchev–Trinajstić information content (AvgIpc) is 2.29. The number of hydrogen-bond acceptors (Lipinski definition) is 1. The van der Waals surface area contributed by atoms with Crippen molar-refractivity contribution in [1.29, 1.82) is 0 Å². The van der Waals surface area contributed by atoms with Gasteiger partial charge in [0.25, 0.3) is 0 Å². The summed E-state index contributed by atoms with van der Waals surface area (Å²) in [6.07, 6.45) is 2.09. The van der Waals surface area contributed by atoms with Crippen LogP contribution in [-0.2, 0) is 6.42 Å². The predicted octanol–water partition coefficient (Wildman–Crippen LogP) is 3.25. The largest absolute Gasteiger partial charge is 0.362 e. The molecule has 0 aliphatic carbocycles. The van der Waals surface area contributed by atoms with E-state index in [1.807, 2.05) is 0 Å². The molecule has 0 heterocycles. The molecule has 0 saturated heterocycles. The summed E-state index contributed by atoms with van der Waals surface area (Å²) < 4.78 is 0. The molecule has 0 aliphatic rings. The first-order valence-corrected chi connectivity index (χ1v) is 6.23. The van der Waals surface area contributed by atoms with Gasteiger partial charge in [-0.3, -0.25) is 0 Å². The molecular weight excluding hydrogens is 216 g/mol. The van der Waals surface area contributed by atoms with Crippen LogP contribution in [0, 0.1) is 6.92 Å². The van der Waals surface area contributed by atoms with Gasteiger partial charge in [0, 0.05) is 12.2 Å². The minimum Gasteiger partial charge on any atom is -0.362 e. The Kier molecular flexibility index (Phi) is 5.26. The van der Waals surface area contributed by atoms with E-state index in [4.69, 9.17) is 12.2 Å². The molecule has 0 atom stereocenters. The number of thiocarbonyl (C=S) groups is 1. The second-order valence-electron chi connectivity index (χ2n) is 3.84. The minimum atomic E-state index is 0.714. The fourth-order valence-corrected chi connectivity index (χ4v) is 1.80. The Morgan fingerprint density at radius 1 is 1.31 bits per heavy atom. The molecule has 2 nitrogen and oxygen atoms in total. The van der Waals surface area contributed by atoms with Crippen LogP contribution in [0.25, 0.3) is 0 Å². The summed E-state index contributed by atoms with van der Waals surface area (Å²) in [6, 6.07) is 6.32. The molecule has 0 saturated carbocycles. The van der Waals surface area contributed by atoms with E-state index in [1.165, 1.54) is 11.1 Å². The smallest absolute Gasteiger partial charge is 0.170 e. The predicted molar refractivity (Wildman–Crippen MR) is 75.1 cm³/mol. The minimum absolute atomic E-state index is 0.714. The van der Waals surface area contributed by atoms with Gasteiger partial charge in [-0.1, -0.05) is 32.0 Å². The topological polar surface area (TPSA) is 24.1 Å². The highest BCUT2D eigenvalue weighted by molar-refractivity contribution is 7.80. The molecule has 1 aromatic carbocycles. The lowest BCUT2D eigenvalue weighted by Gasteiger charge is -2.15. The van der Waals surface area contributed by atoms with Gasteiger partial charge in [-0.25, -0.2) is 0 Å². The maximum Gasteiger partial charge on any atom is 0.170 e. The van der Waals surface area contributed by atoms with Gasteiger partial charge in [0.1, 0.15) is 0 Å². The first kappa shape index (κ1) is 13.0. The van der Waals surface area contributed by atoms with E-state index >= 15 is 0 Å². The maximum atomic E-state index is 5.25. The first-order valence-electron chi connectivity index (χ1n) is 5.82. The standard InChI is InChI=1S/C13H20N2S/c1-4-9-14-13(16)15-12-10(3)7-6-8-11(12)5-2/h6-8H,4-5,9H2,1-3H3,(H2,14,15,16). The molecule has 0 bridgehead atoms. The zero-order valence-corrected chi connectivity index (χ0v) is 11.1. The number of benzene rings is 1. The summed E-state index contributed by atoms with van der Waals surface area (Å²) in [7, 11) is 0. The number of anilines is 1. The van der Waals surface area contributed by atoms with E-state index < -0.39 is 0 Å². The molecule has 3 heteroatoms. The van der Waals surface area contributed by atoms with Gasteiger partial charge >= 0.3 is 0 Å². The van der Waals surface area contributed by atoms with Crippen molar-refractivity contribution < 1.29 is 0 Å². The fraction of sp³-hybridized carbons (Fsp3) is 0.462. The zero-order valence-electron chi connectivity index (χ0n) is 10.3. The molecule has 1 rings (SSSR count). The first-order chi connectivity index (χ1) is 7.69. The number of nitrogens with one attached hydrogen (secondary N) is 2. The summed E-state index contributed by atoms with van der Waals surface area (Å²) in [5.41, 5.74) is 3.69. The molecule has 0 spiro atoms. The Bertz CT molecular complexity index is 361. The van der Waals surface area contributed by atoms with Gasteiger partial charge in [-0.2, -0.15) is 0 Å². The van der Waals surface area contributed by atoms with Crippen LogP contribution in [0.15, 0.2) is 18.2 Å². The summed E-state index contributed by atoms with van der Waals surface area (Å²) in [6.45, 7) is 7.30. The molecule has 16 heavy (non-hydrogen) atoms. The van der Waals surface area contributed by atoms with Crippen LogP contribution in [0.4, 0.5) is 5.69 Å². The number of aryl methyl sites for hydroxylation is 2. The summed E-state index contributed by atoms with van der Waals surface area (Å²) in [4.78, 5) is 0. The molecular formula is C13H20N2S. The van der Waals surface area contributed by atoms with Gasteiger partial charge in [0.05, 0.1) is 0 Å². The van der Waals surface area contributed by atoms with Crippen LogP contribution >= 0.6 is 12.2 Å². The van der Waals surface area contributed by atoms with E-state index in [2.05, 4.69) is 49.6 Å². The molecule has 0 amide bonds. The molecule has 2 N–H and O–H groups in total. The third-order valence-electron chi connectivity index (χ3n) is 2.51. The van der Waals surface area contributed by atoms with Crippen molar-refractivity contribution >= 4 is 23.0 Å². The molecule has 88 valence electrons.